The van der Waals surface area contributed by atoms with Gasteiger partial charge in [0.25, 0.3) is 0 Å². The summed E-state index contributed by atoms with van der Waals surface area (Å²) in [7, 11) is 0. The molecular formula is C21H28F3N5O. The van der Waals surface area contributed by atoms with Crippen molar-refractivity contribution in [3.05, 3.63) is 47.0 Å². The Hall–Kier alpha value is -2.42. The molecule has 0 aliphatic carbocycles. The van der Waals surface area contributed by atoms with Crippen LogP contribution in [0.4, 0.5) is 13.2 Å². The maximum Gasteiger partial charge on any atom is 0.416 e. The van der Waals surface area contributed by atoms with E-state index in [0.717, 1.165) is 48.9 Å². The number of aromatic nitrogens is 3. The molecule has 0 radical (unpaired) electrons. The van der Waals surface area contributed by atoms with Gasteiger partial charge in [-0.3, -0.25) is 9.69 Å². The number of nitrogens with zero attached hydrogens (tertiary/aromatic N) is 4. The molecule has 1 aliphatic heterocycles. The lowest BCUT2D eigenvalue weighted by Crippen LogP contribution is -2.31. The Morgan fingerprint density at radius 2 is 1.83 bits per heavy atom. The summed E-state index contributed by atoms with van der Waals surface area (Å²) in [5.41, 5.74) is 0.212. The lowest BCUT2D eigenvalue weighted by molar-refractivity contribution is -0.137. The smallest absolute Gasteiger partial charge is 0.346 e. The van der Waals surface area contributed by atoms with Crippen LogP contribution in [0.3, 0.4) is 0 Å². The van der Waals surface area contributed by atoms with E-state index < -0.39 is 11.7 Å². The average Bonchev–Trinajstić information content (AvgIpc) is 2.95. The minimum atomic E-state index is -4.32. The number of benzene rings is 1. The summed E-state index contributed by atoms with van der Waals surface area (Å²) in [6, 6.07) is 5.14. The summed E-state index contributed by atoms with van der Waals surface area (Å²) in [6.45, 7) is 8.42. The molecule has 0 fully saturated rings. The summed E-state index contributed by atoms with van der Waals surface area (Å²) in [5, 5.41) is 11.7. The monoisotopic (exact) mass is 423 g/mol. The number of hydrogen-bond acceptors (Lipinski definition) is 4. The molecule has 30 heavy (non-hydrogen) atoms. The van der Waals surface area contributed by atoms with E-state index in [1.54, 1.807) is 0 Å². The van der Waals surface area contributed by atoms with Crippen LogP contribution in [0.1, 0.15) is 56.0 Å². The number of alkyl halides is 3. The zero-order valence-electron chi connectivity index (χ0n) is 17.5. The minimum absolute atomic E-state index is 0.101. The first-order chi connectivity index (χ1) is 14.1. The van der Waals surface area contributed by atoms with Gasteiger partial charge in [0.15, 0.2) is 5.82 Å². The van der Waals surface area contributed by atoms with Crippen LogP contribution in [0.5, 0.6) is 0 Å². The summed E-state index contributed by atoms with van der Waals surface area (Å²) in [6.07, 6.45) is -2.85. The van der Waals surface area contributed by atoms with Crippen molar-refractivity contribution < 1.29 is 18.0 Å². The second kappa shape index (κ2) is 9.16. The van der Waals surface area contributed by atoms with Gasteiger partial charge in [-0.15, -0.1) is 10.2 Å². The zero-order chi connectivity index (χ0) is 21.9. The highest BCUT2D eigenvalue weighted by Gasteiger charge is 2.30. The van der Waals surface area contributed by atoms with Crippen molar-refractivity contribution in [1.82, 2.24) is 25.0 Å². The molecule has 1 amide bonds. The fourth-order valence-electron chi connectivity index (χ4n) is 3.81. The van der Waals surface area contributed by atoms with Crippen molar-refractivity contribution >= 4 is 5.91 Å². The second-order valence-electron chi connectivity index (χ2n) is 8.23. The molecule has 2 aromatic rings. The van der Waals surface area contributed by atoms with E-state index in [0.29, 0.717) is 25.4 Å². The molecular weight excluding hydrogens is 395 g/mol. The van der Waals surface area contributed by atoms with Crippen molar-refractivity contribution in [2.75, 3.05) is 13.1 Å². The number of halogens is 3. The first-order valence-corrected chi connectivity index (χ1v) is 10.2. The molecule has 0 saturated heterocycles. The summed E-state index contributed by atoms with van der Waals surface area (Å²) in [5.74, 6) is 1.93. The molecule has 2 heterocycles. The first kappa shape index (κ1) is 22.3. The van der Waals surface area contributed by atoms with Gasteiger partial charge in [-0.1, -0.05) is 26.0 Å². The molecule has 1 aliphatic rings. The number of nitrogens with one attached hydrogen (secondary N) is 1. The van der Waals surface area contributed by atoms with Crippen LogP contribution in [0.2, 0.25) is 0 Å². The van der Waals surface area contributed by atoms with Gasteiger partial charge in [-0.25, -0.2) is 0 Å². The Balaban J connectivity index is 1.69. The van der Waals surface area contributed by atoms with Crippen molar-refractivity contribution in [2.45, 2.75) is 58.9 Å². The summed E-state index contributed by atoms with van der Waals surface area (Å²) < 4.78 is 40.3. The quantitative estimate of drug-likeness (QED) is 0.772. The third-order valence-corrected chi connectivity index (χ3v) is 5.23. The Bertz CT molecular complexity index is 861. The number of carbonyl (C=O) groups excluding carboxylic acids is 1. The van der Waals surface area contributed by atoms with Gasteiger partial charge in [-0.2, -0.15) is 13.2 Å². The molecule has 6 nitrogen and oxygen atoms in total. The van der Waals surface area contributed by atoms with E-state index in [2.05, 4.69) is 38.8 Å². The fraction of sp³-hybridized carbons (Fsp3) is 0.571. The second-order valence-corrected chi connectivity index (χ2v) is 8.23. The molecule has 1 N–H and O–H groups in total. The normalized spacial score (nSPS) is 16.2. The molecule has 0 saturated carbocycles. The first-order valence-electron chi connectivity index (χ1n) is 10.2. The lowest BCUT2D eigenvalue weighted by Gasteiger charge is -2.22. The van der Waals surface area contributed by atoms with E-state index in [-0.39, 0.29) is 11.9 Å². The maximum absolute atomic E-state index is 12.8. The number of fused-ring (bicyclic) bond motifs is 1. The van der Waals surface area contributed by atoms with Crippen molar-refractivity contribution in [3.63, 3.8) is 0 Å². The lowest BCUT2D eigenvalue weighted by atomic mass is 10.0. The van der Waals surface area contributed by atoms with Crippen LogP contribution in [0, 0.1) is 5.92 Å². The molecule has 3 rings (SSSR count). The van der Waals surface area contributed by atoms with Crippen LogP contribution in [0.25, 0.3) is 0 Å². The fourth-order valence-corrected chi connectivity index (χ4v) is 3.81. The SMILES string of the molecule is CC(=O)N[C@H](CC(C)C)c1nnc2n1CCN(Cc1ccc(C(F)(F)F)cc1)CC2. The predicted octanol–water partition coefficient (Wildman–Crippen LogP) is 3.58. The van der Waals surface area contributed by atoms with Crippen LogP contribution in [0.15, 0.2) is 24.3 Å². The topological polar surface area (TPSA) is 63.1 Å². The van der Waals surface area contributed by atoms with Gasteiger partial charge in [0.2, 0.25) is 5.91 Å². The molecule has 0 spiro atoms. The van der Waals surface area contributed by atoms with Crippen LogP contribution >= 0.6 is 0 Å². The van der Waals surface area contributed by atoms with Gasteiger partial charge in [-0.05, 0) is 30.0 Å². The van der Waals surface area contributed by atoms with Crippen LogP contribution < -0.4 is 5.32 Å². The Kier molecular flexibility index (Phi) is 6.80. The molecule has 1 aromatic heterocycles. The van der Waals surface area contributed by atoms with Gasteiger partial charge >= 0.3 is 6.18 Å². The molecule has 1 aromatic carbocycles. The Morgan fingerprint density at radius 1 is 1.13 bits per heavy atom. The zero-order valence-corrected chi connectivity index (χ0v) is 17.5. The van der Waals surface area contributed by atoms with Crippen LogP contribution in [-0.4, -0.2) is 38.7 Å². The van der Waals surface area contributed by atoms with E-state index >= 15 is 0 Å². The van der Waals surface area contributed by atoms with Crippen molar-refractivity contribution in [2.24, 2.45) is 5.92 Å². The summed E-state index contributed by atoms with van der Waals surface area (Å²) >= 11 is 0. The third kappa shape index (κ3) is 5.59. The van der Waals surface area contributed by atoms with E-state index in [1.165, 1.54) is 19.1 Å². The largest absolute Gasteiger partial charge is 0.416 e. The van der Waals surface area contributed by atoms with Gasteiger partial charge < -0.3 is 9.88 Å². The van der Waals surface area contributed by atoms with E-state index in [4.69, 9.17) is 0 Å². The number of hydrogen-bond donors (Lipinski definition) is 1. The van der Waals surface area contributed by atoms with E-state index in [9.17, 15) is 18.0 Å². The van der Waals surface area contributed by atoms with Crippen molar-refractivity contribution in [1.29, 1.82) is 0 Å². The minimum Gasteiger partial charge on any atom is -0.346 e. The van der Waals surface area contributed by atoms with Crippen LogP contribution in [-0.2, 0) is 30.5 Å². The molecule has 0 unspecified atom stereocenters. The van der Waals surface area contributed by atoms with Gasteiger partial charge in [0, 0.05) is 39.5 Å². The molecule has 164 valence electrons. The van der Waals surface area contributed by atoms with Gasteiger partial charge in [0.05, 0.1) is 11.6 Å². The maximum atomic E-state index is 12.8. The van der Waals surface area contributed by atoms with Crippen molar-refractivity contribution in [3.8, 4) is 0 Å². The molecule has 1 atom stereocenters. The standard InChI is InChI=1S/C21H28F3N5O/c1-14(2)12-18(25-15(3)30)20-27-26-19-8-9-28(10-11-29(19)20)13-16-4-6-17(7-5-16)21(22,23)24/h4-7,14,18H,8-13H2,1-3H3,(H,25,30)/t18-/m1/s1. The third-order valence-electron chi connectivity index (χ3n) is 5.23. The Labute approximate surface area is 174 Å². The van der Waals surface area contributed by atoms with E-state index in [1.807, 2.05) is 0 Å². The highest BCUT2D eigenvalue weighted by Crippen LogP contribution is 2.29. The number of rotatable bonds is 6. The molecule has 0 bridgehead atoms. The highest BCUT2D eigenvalue weighted by molar-refractivity contribution is 5.73. The predicted molar refractivity (Wildman–Crippen MR) is 106 cm³/mol. The number of amides is 1. The van der Waals surface area contributed by atoms with Gasteiger partial charge in [0.1, 0.15) is 5.82 Å². The highest BCUT2D eigenvalue weighted by atomic mass is 19.4. The molecule has 9 heteroatoms. The summed E-state index contributed by atoms with van der Waals surface area (Å²) in [4.78, 5) is 13.9. The number of carbonyl (C=O) groups is 1. The Morgan fingerprint density at radius 3 is 2.43 bits per heavy atom. The average molecular weight is 423 g/mol.